The first-order valence-electron chi connectivity index (χ1n) is 4.52. The van der Waals surface area contributed by atoms with Gasteiger partial charge in [0.05, 0.1) is 0 Å². The van der Waals surface area contributed by atoms with Crippen LogP contribution in [0.2, 0.25) is 9.95 Å². The fourth-order valence-corrected chi connectivity index (χ4v) is 5.44. The molecule has 0 heterocycles. The molecule has 0 radical (unpaired) electrons. The van der Waals surface area contributed by atoms with Crippen molar-refractivity contribution in [3.8, 4) is 0 Å². The monoisotopic (exact) mass is 230 g/mol. The molecule has 12 heavy (non-hydrogen) atoms. The van der Waals surface area contributed by atoms with Gasteiger partial charge in [0.25, 0.3) is 0 Å². The molecule has 0 aromatic carbocycles. The van der Waals surface area contributed by atoms with Gasteiger partial charge in [0.1, 0.15) is 0 Å². The van der Waals surface area contributed by atoms with Crippen LogP contribution >= 0.6 is 11.6 Å². The molecule has 0 N–H and O–H groups in total. The number of halogens is 1. The molecule has 0 rings (SSSR count). The molecule has 0 saturated carbocycles. The van der Waals surface area contributed by atoms with Crippen LogP contribution in [-0.2, 0) is 24.0 Å². The first-order valence-corrected chi connectivity index (χ1v) is 9.00. The molecule has 74 valence electrons. The molecule has 0 bridgehead atoms. The van der Waals surface area contributed by atoms with Crippen LogP contribution in [0.25, 0.3) is 0 Å². The first kappa shape index (κ1) is 12.9. The summed E-state index contributed by atoms with van der Waals surface area (Å²) < 4.78 is 12.4. The van der Waals surface area contributed by atoms with Crippen molar-refractivity contribution in [2.24, 2.45) is 0 Å². The van der Waals surface area contributed by atoms with E-state index in [1.165, 1.54) is 0 Å². The Morgan fingerprint density at radius 1 is 1.17 bits per heavy atom. The van der Waals surface area contributed by atoms with Crippen molar-refractivity contribution in [3.63, 3.8) is 0 Å². The van der Waals surface area contributed by atoms with Crippen molar-refractivity contribution in [1.82, 2.24) is 0 Å². The SMILES string of the molecule is CC[O][Ti]([CH3])([CH2]CCCl)[O]CC. The summed E-state index contributed by atoms with van der Waals surface area (Å²) in [5.74, 6) is 0.709. The van der Waals surface area contributed by atoms with Gasteiger partial charge in [-0.15, -0.1) is 0 Å². The van der Waals surface area contributed by atoms with E-state index in [0.29, 0.717) is 5.88 Å². The molecule has 4 heteroatoms. The third-order valence-corrected chi connectivity index (χ3v) is 6.71. The van der Waals surface area contributed by atoms with Crippen molar-refractivity contribution >= 4 is 11.6 Å². The molecule has 0 spiro atoms. The van der Waals surface area contributed by atoms with E-state index in [0.717, 1.165) is 24.4 Å². The van der Waals surface area contributed by atoms with Crippen LogP contribution in [0.5, 0.6) is 0 Å². The van der Waals surface area contributed by atoms with Gasteiger partial charge in [-0.2, -0.15) is 0 Å². The number of alkyl halides is 1. The molecule has 0 atom stereocenters. The molecule has 0 unspecified atom stereocenters. The zero-order valence-electron chi connectivity index (χ0n) is 8.23. The summed E-state index contributed by atoms with van der Waals surface area (Å²) >= 11 is 3.27. The van der Waals surface area contributed by atoms with Crippen molar-refractivity contribution < 1.29 is 24.0 Å². The molecular weight excluding hydrogens is 211 g/mol. The molecule has 0 aromatic rings. The van der Waals surface area contributed by atoms with Crippen LogP contribution in [-0.4, -0.2) is 19.1 Å². The van der Waals surface area contributed by atoms with Crippen LogP contribution in [0.15, 0.2) is 0 Å². The summed E-state index contributed by atoms with van der Waals surface area (Å²) in [5, 5.41) is 2.15. The van der Waals surface area contributed by atoms with Crippen LogP contribution in [0.1, 0.15) is 20.3 Å². The van der Waals surface area contributed by atoms with Gasteiger partial charge in [0.15, 0.2) is 0 Å². The summed E-state index contributed by atoms with van der Waals surface area (Å²) in [4.78, 5) is 0. The molecule has 0 aliphatic rings. The van der Waals surface area contributed by atoms with Gasteiger partial charge in [-0.1, -0.05) is 0 Å². The Bertz CT molecular complexity index is 105. The molecule has 0 amide bonds. The van der Waals surface area contributed by atoms with Gasteiger partial charge in [0.2, 0.25) is 0 Å². The second-order valence-electron chi connectivity index (χ2n) is 2.79. The van der Waals surface area contributed by atoms with E-state index < -0.39 is 17.4 Å². The molecule has 0 saturated heterocycles. The predicted octanol–water partition coefficient (Wildman–Crippen LogP) is 3.14. The van der Waals surface area contributed by atoms with Gasteiger partial charge >= 0.3 is 84.9 Å². The average Bonchev–Trinajstić information content (AvgIpc) is 2.02. The Kier molecular flexibility index (Phi) is 7.90. The first-order chi connectivity index (χ1) is 5.68. The fourth-order valence-electron chi connectivity index (χ4n) is 1.18. The van der Waals surface area contributed by atoms with E-state index in [9.17, 15) is 0 Å². The second kappa shape index (κ2) is 7.34. The van der Waals surface area contributed by atoms with E-state index in [1.807, 2.05) is 13.8 Å². The third kappa shape index (κ3) is 5.55. The Balaban J connectivity index is 3.80. The summed E-state index contributed by atoms with van der Waals surface area (Å²) in [6.45, 7) is 5.56. The number of hydrogen-bond acceptors (Lipinski definition) is 2. The molecule has 0 aromatic heterocycles. The number of hydrogen-bond donors (Lipinski definition) is 0. The standard InChI is InChI=1S/C3H6Cl.2C2H5O.CH3.Ti/c1-2-3-4;2*1-2-3;;/h1-3H2;2*2H2,1H3;1H3;/q;2*-1;;+2. The normalized spacial score (nSPS) is 12.0. The summed E-state index contributed by atoms with van der Waals surface area (Å²) in [6, 6.07) is 0. The molecular formula is C8H19ClO2Ti. The molecule has 2 nitrogen and oxygen atoms in total. The summed E-state index contributed by atoms with van der Waals surface area (Å²) in [6.07, 6.45) is 1.01. The fraction of sp³-hybridized carbons (Fsp3) is 1.00. The predicted molar refractivity (Wildman–Crippen MR) is 49.3 cm³/mol. The maximum absolute atomic E-state index is 5.68. The molecule has 0 aliphatic heterocycles. The van der Waals surface area contributed by atoms with E-state index in [2.05, 4.69) is 5.23 Å². The van der Waals surface area contributed by atoms with E-state index in [-0.39, 0.29) is 0 Å². The van der Waals surface area contributed by atoms with Crippen LogP contribution in [0, 0.1) is 0 Å². The van der Waals surface area contributed by atoms with Crippen LogP contribution in [0.3, 0.4) is 0 Å². The van der Waals surface area contributed by atoms with Crippen LogP contribution in [0.4, 0.5) is 0 Å². The van der Waals surface area contributed by atoms with Crippen molar-refractivity contribution in [2.45, 2.75) is 30.2 Å². The Hall–Kier alpha value is 0.924. The average molecular weight is 231 g/mol. The zero-order chi connectivity index (χ0) is 9.45. The third-order valence-electron chi connectivity index (χ3n) is 1.66. The van der Waals surface area contributed by atoms with Gasteiger partial charge in [-0.05, 0) is 0 Å². The van der Waals surface area contributed by atoms with Gasteiger partial charge < -0.3 is 0 Å². The van der Waals surface area contributed by atoms with Crippen molar-refractivity contribution in [3.05, 3.63) is 0 Å². The van der Waals surface area contributed by atoms with Gasteiger partial charge in [-0.25, -0.2) is 0 Å². The maximum atomic E-state index is 5.68. The Labute approximate surface area is 84.9 Å². The van der Waals surface area contributed by atoms with Crippen molar-refractivity contribution in [2.75, 3.05) is 19.1 Å². The summed E-state index contributed by atoms with van der Waals surface area (Å²) in [7, 11) is 0. The van der Waals surface area contributed by atoms with Crippen LogP contribution < -0.4 is 0 Å². The minimum absolute atomic E-state index is 0.709. The van der Waals surface area contributed by atoms with E-state index >= 15 is 0 Å². The Morgan fingerprint density at radius 3 is 2.00 bits per heavy atom. The zero-order valence-corrected chi connectivity index (χ0v) is 10.5. The van der Waals surface area contributed by atoms with E-state index in [1.54, 1.807) is 0 Å². The molecule has 0 aliphatic carbocycles. The minimum atomic E-state index is -2.35. The van der Waals surface area contributed by atoms with Crippen molar-refractivity contribution in [1.29, 1.82) is 0 Å². The molecule has 0 fully saturated rings. The number of rotatable bonds is 7. The summed E-state index contributed by atoms with van der Waals surface area (Å²) in [5.41, 5.74) is 0. The quantitative estimate of drug-likeness (QED) is 0.494. The topological polar surface area (TPSA) is 18.5 Å². The Morgan fingerprint density at radius 2 is 1.67 bits per heavy atom. The van der Waals surface area contributed by atoms with Gasteiger partial charge in [0, 0.05) is 0 Å². The van der Waals surface area contributed by atoms with E-state index in [4.69, 9.17) is 18.2 Å². The second-order valence-corrected chi connectivity index (χ2v) is 8.39. The van der Waals surface area contributed by atoms with Gasteiger partial charge in [-0.3, -0.25) is 0 Å².